The van der Waals surface area contributed by atoms with Gasteiger partial charge in [0.25, 0.3) is 0 Å². The average molecular weight is 331 g/mol. The topological polar surface area (TPSA) is 45.9 Å². The number of halogens is 1. The van der Waals surface area contributed by atoms with E-state index in [-0.39, 0.29) is 0 Å². The van der Waals surface area contributed by atoms with Crippen LogP contribution in [0.2, 0.25) is 0 Å². The van der Waals surface area contributed by atoms with Gasteiger partial charge < -0.3 is 4.74 Å². The molecule has 2 aromatic rings. The van der Waals surface area contributed by atoms with E-state index in [0.29, 0.717) is 5.56 Å². The summed E-state index contributed by atoms with van der Waals surface area (Å²) in [6.45, 7) is 1.93. The van der Waals surface area contributed by atoms with Crippen LogP contribution in [0.25, 0.3) is 0 Å². The van der Waals surface area contributed by atoms with Crippen molar-refractivity contribution in [3.8, 4) is 11.8 Å². The number of aryl methyl sites for hydroxylation is 2. The fourth-order valence-corrected chi connectivity index (χ4v) is 2.49. The van der Waals surface area contributed by atoms with Gasteiger partial charge in [-0.3, -0.25) is 4.98 Å². The van der Waals surface area contributed by atoms with Crippen LogP contribution in [0.1, 0.15) is 22.4 Å². The molecule has 0 fully saturated rings. The van der Waals surface area contributed by atoms with Crippen LogP contribution in [0.5, 0.6) is 5.75 Å². The minimum absolute atomic E-state index is 0.616. The highest BCUT2D eigenvalue weighted by Gasteiger charge is 2.09. The summed E-state index contributed by atoms with van der Waals surface area (Å²) in [6, 6.07) is 10.2. The fraction of sp³-hybridized carbons (Fsp3) is 0.250. The van der Waals surface area contributed by atoms with Gasteiger partial charge in [0.2, 0.25) is 0 Å². The lowest BCUT2D eigenvalue weighted by Crippen LogP contribution is -1.99. The van der Waals surface area contributed by atoms with Crippen molar-refractivity contribution < 1.29 is 4.74 Å². The second-order valence-electron chi connectivity index (χ2n) is 4.52. The Bertz CT molecular complexity index is 645. The normalized spacial score (nSPS) is 10.1. The molecule has 0 saturated heterocycles. The lowest BCUT2D eigenvalue weighted by molar-refractivity contribution is 0.414. The Balaban J connectivity index is 2.11. The maximum absolute atomic E-state index is 8.97. The summed E-state index contributed by atoms with van der Waals surface area (Å²) in [5.74, 6) is 0.863. The summed E-state index contributed by atoms with van der Waals surface area (Å²) in [5.41, 5.74) is 3.79. The summed E-state index contributed by atoms with van der Waals surface area (Å²) >= 11 is 3.53. The Hall–Kier alpha value is -1.86. The van der Waals surface area contributed by atoms with E-state index in [1.807, 2.05) is 19.1 Å². The molecule has 0 spiro atoms. The Morgan fingerprint density at radius 1 is 1.25 bits per heavy atom. The van der Waals surface area contributed by atoms with Crippen LogP contribution in [0.15, 0.2) is 34.9 Å². The molecular formula is C16H15BrN2O. The molecule has 0 saturated carbocycles. The molecular weight excluding hydrogens is 316 g/mol. The van der Waals surface area contributed by atoms with Gasteiger partial charge >= 0.3 is 0 Å². The van der Waals surface area contributed by atoms with E-state index in [1.54, 1.807) is 13.3 Å². The van der Waals surface area contributed by atoms with E-state index in [0.717, 1.165) is 34.3 Å². The Morgan fingerprint density at radius 2 is 1.95 bits per heavy atom. The molecule has 0 aliphatic rings. The van der Waals surface area contributed by atoms with Gasteiger partial charge in [0.15, 0.2) is 0 Å². The highest BCUT2D eigenvalue weighted by molar-refractivity contribution is 9.10. The maximum Gasteiger partial charge on any atom is 0.118 e. The monoisotopic (exact) mass is 330 g/mol. The third kappa shape index (κ3) is 3.17. The second-order valence-corrected chi connectivity index (χ2v) is 5.31. The third-order valence-corrected chi connectivity index (χ3v) is 4.32. The Labute approximate surface area is 127 Å². The third-order valence-electron chi connectivity index (χ3n) is 3.27. The molecule has 20 heavy (non-hydrogen) atoms. The first-order valence-corrected chi connectivity index (χ1v) is 7.12. The molecule has 0 atom stereocenters. The summed E-state index contributed by atoms with van der Waals surface area (Å²) in [6.07, 6.45) is 3.38. The lowest BCUT2D eigenvalue weighted by atomic mass is 10.1. The molecule has 102 valence electrons. The van der Waals surface area contributed by atoms with E-state index in [4.69, 9.17) is 10.00 Å². The van der Waals surface area contributed by atoms with Gasteiger partial charge in [-0.1, -0.05) is 12.1 Å². The molecule has 0 aliphatic heterocycles. The first kappa shape index (κ1) is 14.5. The smallest absolute Gasteiger partial charge is 0.118 e. The van der Waals surface area contributed by atoms with Crippen LogP contribution >= 0.6 is 15.9 Å². The zero-order chi connectivity index (χ0) is 14.5. The minimum Gasteiger partial charge on any atom is -0.497 e. The largest absolute Gasteiger partial charge is 0.497 e. The highest BCUT2D eigenvalue weighted by atomic mass is 79.9. The average Bonchev–Trinajstić information content (AvgIpc) is 2.49. The number of nitriles is 1. The van der Waals surface area contributed by atoms with Gasteiger partial charge in [-0.2, -0.15) is 5.26 Å². The predicted molar refractivity (Wildman–Crippen MR) is 81.8 cm³/mol. The highest BCUT2D eigenvalue weighted by Crippen LogP contribution is 2.23. The van der Waals surface area contributed by atoms with Crippen molar-refractivity contribution in [2.24, 2.45) is 0 Å². The number of ether oxygens (including phenoxy) is 1. The van der Waals surface area contributed by atoms with Crippen molar-refractivity contribution in [1.82, 2.24) is 4.98 Å². The number of methoxy groups -OCH3 is 1. The Kier molecular flexibility index (Phi) is 4.75. The van der Waals surface area contributed by atoms with Crippen molar-refractivity contribution in [2.75, 3.05) is 7.11 Å². The first-order chi connectivity index (χ1) is 9.65. The number of hydrogen-bond acceptors (Lipinski definition) is 3. The van der Waals surface area contributed by atoms with Crippen LogP contribution in [0.3, 0.4) is 0 Å². The van der Waals surface area contributed by atoms with Crippen LogP contribution in [-0.4, -0.2) is 12.1 Å². The predicted octanol–water partition coefficient (Wildman–Crippen LogP) is 3.82. The summed E-state index contributed by atoms with van der Waals surface area (Å²) < 4.78 is 6.08. The molecule has 4 heteroatoms. The molecule has 0 amide bonds. The fourth-order valence-electron chi connectivity index (χ4n) is 1.97. The van der Waals surface area contributed by atoms with Gasteiger partial charge in [-0.25, -0.2) is 0 Å². The van der Waals surface area contributed by atoms with Gasteiger partial charge in [0, 0.05) is 10.7 Å². The van der Waals surface area contributed by atoms with Crippen LogP contribution < -0.4 is 4.74 Å². The zero-order valence-electron chi connectivity index (χ0n) is 11.5. The SMILES string of the molecule is COc1ccc(CCc2ncc(C#N)c(C)c2Br)cc1. The molecule has 1 aromatic heterocycles. The van der Waals surface area contributed by atoms with Gasteiger partial charge in [-0.05, 0) is 59.0 Å². The van der Waals surface area contributed by atoms with E-state index in [2.05, 4.69) is 39.1 Å². The molecule has 1 aromatic carbocycles. The molecule has 2 rings (SSSR count). The van der Waals surface area contributed by atoms with Crippen molar-refractivity contribution >= 4 is 15.9 Å². The summed E-state index contributed by atoms with van der Waals surface area (Å²) in [4.78, 5) is 4.36. The number of nitrogens with zero attached hydrogens (tertiary/aromatic N) is 2. The summed E-state index contributed by atoms with van der Waals surface area (Å²) in [5, 5.41) is 8.97. The summed E-state index contributed by atoms with van der Waals surface area (Å²) in [7, 11) is 1.66. The Morgan fingerprint density at radius 3 is 2.55 bits per heavy atom. The van der Waals surface area contributed by atoms with Gasteiger partial charge in [0.1, 0.15) is 11.8 Å². The number of hydrogen-bond donors (Lipinski definition) is 0. The van der Waals surface area contributed by atoms with Crippen molar-refractivity contribution in [2.45, 2.75) is 19.8 Å². The van der Waals surface area contributed by atoms with E-state index in [1.165, 1.54) is 5.56 Å². The number of rotatable bonds is 4. The molecule has 0 aliphatic carbocycles. The second kappa shape index (κ2) is 6.53. The van der Waals surface area contributed by atoms with E-state index >= 15 is 0 Å². The van der Waals surface area contributed by atoms with Crippen LogP contribution in [0.4, 0.5) is 0 Å². The van der Waals surface area contributed by atoms with E-state index in [9.17, 15) is 0 Å². The van der Waals surface area contributed by atoms with Crippen molar-refractivity contribution in [3.05, 3.63) is 57.3 Å². The van der Waals surface area contributed by atoms with Crippen LogP contribution in [-0.2, 0) is 12.8 Å². The molecule has 0 unspecified atom stereocenters. The molecule has 3 nitrogen and oxygen atoms in total. The lowest BCUT2D eigenvalue weighted by Gasteiger charge is -2.08. The van der Waals surface area contributed by atoms with Crippen LogP contribution in [0, 0.1) is 18.3 Å². The number of benzene rings is 1. The molecule has 0 N–H and O–H groups in total. The zero-order valence-corrected chi connectivity index (χ0v) is 13.1. The molecule has 1 heterocycles. The minimum atomic E-state index is 0.616. The van der Waals surface area contributed by atoms with Gasteiger partial charge in [0.05, 0.1) is 18.4 Å². The maximum atomic E-state index is 8.97. The quantitative estimate of drug-likeness (QED) is 0.856. The number of pyridine rings is 1. The number of aromatic nitrogens is 1. The molecule has 0 bridgehead atoms. The first-order valence-electron chi connectivity index (χ1n) is 6.32. The van der Waals surface area contributed by atoms with Gasteiger partial charge in [-0.15, -0.1) is 0 Å². The standard InChI is InChI=1S/C16H15BrN2O/c1-11-13(9-18)10-19-15(16(11)17)8-5-12-3-6-14(20-2)7-4-12/h3-4,6-7,10H,5,8H2,1-2H3. The van der Waals surface area contributed by atoms with Crippen molar-refractivity contribution in [3.63, 3.8) is 0 Å². The van der Waals surface area contributed by atoms with Crippen molar-refractivity contribution in [1.29, 1.82) is 5.26 Å². The van der Waals surface area contributed by atoms with E-state index < -0.39 is 0 Å². The molecule has 0 radical (unpaired) electrons.